The van der Waals surface area contributed by atoms with Gasteiger partial charge < -0.3 is 10.1 Å². The van der Waals surface area contributed by atoms with Crippen LogP contribution in [0.1, 0.15) is 33.6 Å². The average molecular weight is 236 g/mol. The maximum Gasteiger partial charge on any atom is 0.408 e. The van der Waals surface area contributed by atoms with Crippen LogP contribution in [0.3, 0.4) is 0 Å². The van der Waals surface area contributed by atoms with E-state index in [1.54, 1.807) is 20.8 Å². The highest BCUT2D eigenvalue weighted by molar-refractivity contribution is 5.68. The molecule has 0 aromatic heterocycles. The van der Waals surface area contributed by atoms with Crippen molar-refractivity contribution in [3.63, 3.8) is 0 Å². The highest BCUT2D eigenvalue weighted by Crippen LogP contribution is 2.23. The molecular weight excluding hydrogens is 218 g/mol. The van der Waals surface area contributed by atoms with Crippen molar-refractivity contribution in [2.24, 2.45) is 0 Å². The van der Waals surface area contributed by atoms with E-state index in [2.05, 4.69) is 10.6 Å². The Morgan fingerprint density at radius 1 is 1.50 bits per heavy atom. The van der Waals surface area contributed by atoms with Crippen molar-refractivity contribution in [2.75, 3.05) is 6.54 Å². The summed E-state index contributed by atoms with van der Waals surface area (Å²) in [4.78, 5) is 11.3. The third-order valence-electron chi connectivity index (χ3n) is 2.10. The molecule has 0 radical (unpaired) electrons. The predicted octanol–water partition coefficient (Wildman–Crippen LogP) is 1.86. The van der Waals surface area contributed by atoms with Crippen LogP contribution in [-0.4, -0.2) is 30.3 Å². The monoisotopic (exact) mass is 236 g/mol. The average Bonchev–Trinajstić information content (AvgIpc) is 2.05. The van der Waals surface area contributed by atoms with Gasteiger partial charge in [0.1, 0.15) is 5.60 Å². The molecule has 1 amide bonds. The number of hydrogen-bond donors (Lipinski definition) is 2. The Kier molecular flexibility index (Phi) is 3.72. The first-order chi connectivity index (χ1) is 7.18. The van der Waals surface area contributed by atoms with Crippen molar-refractivity contribution >= 4 is 6.09 Å². The molecule has 16 heavy (non-hydrogen) atoms. The molecule has 0 aliphatic carbocycles. The number of hydrogen-bond acceptors (Lipinski definition) is 3. The van der Waals surface area contributed by atoms with Crippen molar-refractivity contribution in [1.29, 1.82) is 0 Å². The fourth-order valence-corrected chi connectivity index (χ4v) is 1.39. The molecular formula is C10H18F2N2O2. The summed E-state index contributed by atoms with van der Waals surface area (Å²) >= 11 is 0. The fraction of sp³-hybridized carbons (Fsp3) is 0.900. The van der Waals surface area contributed by atoms with Crippen molar-refractivity contribution in [2.45, 2.75) is 51.3 Å². The van der Waals surface area contributed by atoms with Gasteiger partial charge in [0, 0.05) is 6.42 Å². The Morgan fingerprint density at radius 2 is 2.12 bits per heavy atom. The summed E-state index contributed by atoms with van der Waals surface area (Å²) in [5.41, 5.74) is -0.581. The summed E-state index contributed by atoms with van der Waals surface area (Å²) in [6.07, 6.45) is -1.04. The SMILES string of the molecule is CC(C)(C)OC(=O)N[C@H]1CCC(F)(F)CN1. The van der Waals surface area contributed by atoms with E-state index in [1.807, 2.05) is 0 Å². The second-order valence-corrected chi connectivity index (χ2v) is 4.97. The van der Waals surface area contributed by atoms with Gasteiger partial charge in [-0.05, 0) is 27.2 Å². The van der Waals surface area contributed by atoms with Crippen LogP contribution in [0.2, 0.25) is 0 Å². The molecule has 1 rings (SSSR count). The van der Waals surface area contributed by atoms with E-state index < -0.39 is 30.3 Å². The summed E-state index contributed by atoms with van der Waals surface area (Å²) in [5, 5.41) is 5.07. The molecule has 1 aliphatic heterocycles. The molecule has 2 N–H and O–H groups in total. The summed E-state index contributed by atoms with van der Waals surface area (Å²) in [7, 11) is 0. The molecule has 0 aromatic carbocycles. The van der Waals surface area contributed by atoms with Gasteiger partial charge in [0.2, 0.25) is 0 Å². The Labute approximate surface area is 93.7 Å². The van der Waals surface area contributed by atoms with Gasteiger partial charge in [0.05, 0.1) is 12.7 Å². The van der Waals surface area contributed by atoms with Crippen molar-refractivity contribution in [3.05, 3.63) is 0 Å². The number of halogens is 2. The first kappa shape index (κ1) is 13.2. The first-order valence-electron chi connectivity index (χ1n) is 5.29. The zero-order valence-corrected chi connectivity index (χ0v) is 9.77. The summed E-state index contributed by atoms with van der Waals surface area (Å²) < 4.78 is 30.6. The molecule has 0 saturated carbocycles. The van der Waals surface area contributed by atoms with Crippen LogP contribution in [0.25, 0.3) is 0 Å². The third-order valence-corrected chi connectivity index (χ3v) is 2.10. The number of ether oxygens (including phenoxy) is 1. The van der Waals surface area contributed by atoms with Gasteiger partial charge in [-0.25, -0.2) is 13.6 Å². The van der Waals surface area contributed by atoms with Crippen LogP contribution >= 0.6 is 0 Å². The lowest BCUT2D eigenvalue weighted by molar-refractivity contribution is -0.0343. The van der Waals surface area contributed by atoms with E-state index in [1.165, 1.54) is 0 Å². The second kappa shape index (κ2) is 4.53. The molecule has 4 nitrogen and oxygen atoms in total. The van der Waals surface area contributed by atoms with Crippen LogP contribution in [0.5, 0.6) is 0 Å². The van der Waals surface area contributed by atoms with Gasteiger partial charge in [0.25, 0.3) is 5.92 Å². The van der Waals surface area contributed by atoms with E-state index in [4.69, 9.17) is 4.74 Å². The first-order valence-corrected chi connectivity index (χ1v) is 5.29. The molecule has 1 fully saturated rings. The molecule has 1 saturated heterocycles. The van der Waals surface area contributed by atoms with Crippen LogP contribution in [-0.2, 0) is 4.74 Å². The smallest absolute Gasteiger partial charge is 0.408 e. The van der Waals surface area contributed by atoms with Crippen molar-refractivity contribution in [1.82, 2.24) is 10.6 Å². The van der Waals surface area contributed by atoms with E-state index in [-0.39, 0.29) is 12.8 Å². The number of amides is 1. The van der Waals surface area contributed by atoms with Crippen molar-refractivity contribution < 1.29 is 18.3 Å². The van der Waals surface area contributed by atoms with E-state index >= 15 is 0 Å². The highest BCUT2D eigenvalue weighted by atomic mass is 19.3. The lowest BCUT2D eigenvalue weighted by Gasteiger charge is -2.30. The molecule has 0 unspecified atom stereocenters. The fourth-order valence-electron chi connectivity index (χ4n) is 1.39. The minimum Gasteiger partial charge on any atom is -0.444 e. The lowest BCUT2D eigenvalue weighted by Crippen LogP contribution is -2.54. The van der Waals surface area contributed by atoms with Crippen LogP contribution in [0, 0.1) is 0 Å². The number of carbonyl (C=O) groups is 1. The quantitative estimate of drug-likeness (QED) is 0.730. The highest BCUT2D eigenvalue weighted by Gasteiger charge is 2.35. The van der Waals surface area contributed by atoms with Gasteiger partial charge >= 0.3 is 6.09 Å². The van der Waals surface area contributed by atoms with Gasteiger partial charge in [-0.3, -0.25) is 5.32 Å². The van der Waals surface area contributed by atoms with Gasteiger partial charge in [0.15, 0.2) is 0 Å². The van der Waals surface area contributed by atoms with Gasteiger partial charge in [-0.15, -0.1) is 0 Å². The predicted molar refractivity (Wildman–Crippen MR) is 55.3 cm³/mol. The zero-order valence-electron chi connectivity index (χ0n) is 9.77. The number of rotatable bonds is 1. The topological polar surface area (TPSA) is 50.4 Å². The number of carbonyl (C=O) groups excluding carboxylic acids is 1. The Bertz CT molecular complexity index is 254. The number of alkyl halides is 2. The zero-order chi connectivity index (χ0) is 12.4. The Hall–Kier alpha value is -0.910. The maximum atomic E-state index is 12.8. The number of nitrogens with one attached hydrogen (secondary N) is 2. The van der Waals surface area contributed by atoms with E-state index in [0.717, 1.165) is 0 Å². The Morgan fingerprint density at radius 3 is 2.56 bits per heavy atom. The summed E-state index contributed by atoms with van der Waals surface area (Å²) in [5.74, 6) is -2.67. The number of alkyl carbamates (subject to hydrolysis) is 1. The Balaban J connectivity index is 2.32. The normalized spacial score (nSPS) is 24.9. The minimum absolute atomic E-state index is 0.201. The van der Waals surface area contributed by atoms with Gasteiger partial charge in [-0.2, -0.15) is 0 Å². The van der Waals surface area contributed by atoms with Crippen LogP contribution in [0.4, 0.5) is 13.6 Å². The standard InChI is InChI=1S/C10H18F2N2O2/c1-9(2,3)16-8(15)14-7-4-5-10(11,12)6-13-7/h7,13H,4-6H2,1-3H3,(H,14,15)/t7-/m0/s1. The molecule has 0 bridgehead atoms. The van der Waals surface area contributed by atoms with E-state index in [0.29, 0.717) is 0 Å². The second-order valence-electron chi connectivity index (χ2n) is 4.97. The lowest BCUT2D eigenvalue weighted by atomic mass is 10.1. The summed E-state index contributed by atoms with van der Waals surface area (Å²) in [6.45, 7) is 4.83. The van der Waals surface area contributed by atoms with Gasteiger partial charge in [-0.1, -0.05) is 0 Å². The molecule has 94 valence electrons. The maximum absolute atomic E-state index is 12.8. The van der Waals surface area contributed by atoms with Crippen LogP contribution < -0.4 is 10.6 Å². The molecule has 0 aromatic rings. The summed E-state index contributed by atoms with van der Waals surface area (Å²) in [6, 6.07) is 0. The molecule has 1 atom stereocenters. The minimum atomic E-state index is -2.67. The number of piperidine rings is 1. The molecule has 6 heteroatoms. The third kappa shape index (κ3) is 4.74. The largest absolute Gasteiger partial charge is 0.444 e. The van der Waals surface area contributed by atoms with Crippen LogP contribution in [0.15, 0.2) is 0 Å². The molecule has 1 aliphatic rings. The molecule has 1 heterocycles. The van der Waals surface area contributed by atoms with Crippen molar-refractivity contribution in [3.8, 4) is 0 Å². The molecule has 0 spiro atoms. The van der Waals surface area contributed by atoms with E-state index in [9.17, 15) is 13.6 Å².